The third kappa shape index (κ3) is 3.74. The molecular weight excluding hydrogens is 340 g/mol. The average Bonchev–Trinajstić information content (AvgIpc) is 2.42. The number of hydrogen-bond acceptors (Lipinski definition) is 3. The van der Waals surface area contributed by atoms with E-state index in [-0.39, 0.29) is 16.6 Å². The fourth-order valence-electron chi connectivity index (χ4n) is 2.71. The first kappa shape index (κ1) is 15.8. The molecular formula is C14H21BrN2O2S. The van der Waals surface area contributed by atoms with Crippen LogP contribution in [0, 0.1) is 5.92 Å². The van der Waals surface area contributed by atoms with Gasteiger partial charge in [-0.05, 0) is 49.8 Å². The number of nitrogen functional groups attached to an aromatic ring is 1. The highest BCUT2D eigenvalue weighted by molar-refractivity contribution is 9.10. The van der Waals surface area contributed by atoms with Gasteiger partial charge in [0.2, 0.25) is 10.0 Å². The third-order valence-corrected chi connectivity index (χ3v) is 6.08. The minimum Gasteiger partial charge on any atom is -0.398 e. The second kappa shape index (κ2) is 6.45. The Morgan fingerprint density at radius 2 is 1.95 bits per heavy atom. The normalized spacial score (nSPS) is 23.7. The Hall–Kier alpha value is -0.590. The summed E-state index contributed by atoms with van der Waals surface area (Å²) in [5, 5.41) is 0. The van der Waals surface area contributed by atoms with Gasteiger partial charge in [-0.25, -0.2) is 13.1 Å². The Kier molecular flexibility index (Phi) is 5.09. The zero-order valence-corrected chi connectivity index (χ0v) is 14.0. The number of nitrogens with one attached hydrogen (secondary N) is 1. The third-order valence-electron chi connectivity index (χ3n) is 4.01. The molecule has 4 nitrogen and oxygen atoms in total. The summed E-state index contributed by atoms with van der Waals surface area (Å²) < 4.78 is 28.3. The number of sulfonamides is 1. The monoisotopic (exact) mass is 360 g/mol. The summed E-state index contributed by atoms with van der Waals surface area (Å²) in [6.07, 6.45) is 5.19. The first-order valence-electron chi connectivity index (χ1n) is 6.99. The molecule has 1 fully saturated rings. The number of anilines is 1. The van der Waals surface area contributed by atoms with Crippen LogP contribution in [0.2, 0.25) is 0 Å². The van der Waals surface area contributed by atoms with Crippen LogP contribution >= 0.6 is 15.9 Å². The van der Waals surface area contributed by atoms with E-state index in [2.05, 4.69) is 27.6 Å². The van der Waals surface area contributed by atoms with E-state index in [0.717, 1.165) is 31.6 Å². The molecule has 0 amide bonds. The van der Waals surface area contributed by atoms with Crippen molar-refractivity contribution in [1.82, 2.24) is 4.72 Å². The van der Waals surface area contributed by atoms with Crippen LogP contribution < -0.4 is 10.5 Å². The molecule has 0 radical (unpaired) electrons. The van der Waals surface area contributed by atoms with Crippen LogP contribution in [-0.4, -0.2) is 14.5 Å². The highest BCUT2D eigenvalue weighted by Gasteiger charge is 2.26. The van der Waals surface area contributed by atoms with E-state index in [9.17, 15) is 8.42 Å². The van der Waals surface area contributed by atoms with Crippen LogP contribution in [-0.2, 0) is 10.0 Å². The number of halogens is 1. The van der Waals surface area contributed by atoms with E-state index < -0.39 is 10.0 Å². The van der Waals surface area contributed by atoms with Gasteiger partial charge < -0.3 is 5.73 Å². The van der Waals surface area contributed by atoms with Gasteiger partial charge in [0.05, 0.1) is 5.69 Å². The Morgan fingerprint density at radius 3 is 2.55 bits per heavy atom. The predicted molar refractivity (Wildman–Crippen MR) is 84.9 cm³/mol. The van der Waals surface area contributed by atoms with Crippen molar-refractivity contribution in [3.8, 4) is 0 Å². The summed E-state index contributed by atoms with van der Waals surface area (Å²) in [4.78, 5) is 0.157. The summed E-state index contributed by atoms with van der Waals surface area (Å²) in [5.74, 6) is 0.742. The largest absolute Gasteiger partial charge is 0.398 e. The molecule has 0 unspecified atom stereocenters. The Morgan fingerprint density at radius 1 is 1.30 bits per heavy atom. The van der Waals surface area contributed by atoms with Crippen molar-refractivity contribution in [2.24, 2.45) is 5.92 Å². The lowest BCUT2D eigenvalue weighted by atomic mass is 9.85. The lowest BCUT2D eigenvalue weighted by Crippen LogP contribution is -2.37. The van der Waals surface area contributed by atoms with Gasteiger partial charge in [-0.2, -0.15) is 0 Å². The van der Waals surface area contributed by atoms with Crippen molar-refractivity contribution in [2.45, 2.75) is 50.0 Å². The Labute approximate surface area is 129 Å². The smallest absolute Gasteiger partial charge is 0.242 e. The van der Waals surface area contributed by atoms with Gasteiger partial charge in [0.15, 0.2) is 0 Å². The lowest BCUT2D eigenvalue weighted by Gasteiger charge is -2.28. The number of nitrogens with two attached hydrogens (primary N) is 1. The maximum atomic E-state index is 12.4. The fourth-order valence-corrected chi connectivity index (χ4v) is 4.69. The predicted octanol–water partition coefficient (Wildman–Crippen LogP) is 3.28. The molecule has 3 N–H and O–H groups in total. The standard InChI is InChI=1S/C14H21BrN2O2S/c1-2-10-3-6-12(7-4-10)17-20(18,19)14-9-11(15)5-8-13(14)16/h5,8-10,12,17H,2-4,6-7,16H2,1H3. The summed E-state index contributed by atoms with van der Waals surface area (Å²) in [6.45, 7) is 2.19. The van der Waals surface area contributed by atoms with Crippen molar-refractivity contribution in [2.75, 3.05) is 5.73 Å². The summed E-state index contributed by atoms with van der Waals surface area (Å²) in [5.41, 5.74) is 6.06. The van der Waals surface area contributed by atoms with E-state index in [1.54, 1.807) is 18.2 Å². The van der Waals surface area contributed by atoms with Gasteiger partial charge in [0.1, 0.15) is 4.90 Å². The van der Waals surface area contributed by atoms with Crippen LogP contribution in [0.5, 0.6) is 0 Å². The van der Waals surface area contributed by atoms with Gasteiger partial charge in [-0.1, -0.05) is 29.3 Å². The molecule has 1 aromatic carbocycles. The first-order chi connectivity index (χ1) is 9.42. The molecule has 1 aromatic rings. The van der Waals surface area contributed by atoms with Crippen LogP contribution in [0.25, 0.3) is 0 Å². The minimum atomic E-state index is -3.54. The molecule has 0 spiro atoms. The minimum absolute atomic E-state index is 0.0289. The number of hydrogen-bond donors (Lipinski definition) is 2. The molecule has 0 atom stereocenters. The van der Waals surface area contributed by atoms with Gasteiger partial charge in [0.25, 0.3) is 0 Å². The molecule has 0 saturated heterocycles. The average molecular weight is 361 g/mol. The van der Waals surface area contributed by atoms with E-state index in [0.29, 0.717) is 4.47 Å². The van der Waals surface area contributed by atoms with Crippen molar-refractivity contribution >= 4 is 31.6 Å². The Balaban J connectivity index is 2.10. The van der Waals surface area contributed by atoms with Gasteiger partial charge in [0, 0.05) is 10.5 Å². The molecule has 1 aliphatic rings. The SMILES string of the molecule is CCC1CCC(NS(=O)(=O)c2cc(Br)ccc2N)CC1. The van der Waals surface area contributed by atoms with E-state index in [4.69, 9.17) is 5.73 Å². The maximum Gasteiger partial charge on any atom is 0.242 e. The van der Waals surface area contributed by atoms with Crippen LogP contribution in [0.3, 0.4) is 0 Å². The molecule has 2 rings (SSSR count). The molecule has 20 heavy (non-hydrogen) atoms. The second-order valence-electron chi connectivity index (χ2n) is 5.43. The Bertz CT molecular complexity index is 567. The molecule has 0 heterocycles. The fraction of sp³-hybridized carbons (Fsp3) is 0.571. The van der Waals surface area contributed by atoms with Gasteiger partial charge in [-0.3, -0.25) is 0 Å². The van der Waals surface area contributed by atoms with E-state index >= 15 is 0 Å². The van der Waals surface area contributed by atoms with Crippen molar-refractivity contribution in [3.63, 3.8) is 0 Å². The van der Waals surface area contributed by atoms with Crippen molar-refractivity contribution in [1.29, 1.82) is 0 Å². The summed E-state index contributed by atoms with van der Waals surface area (Å²) in [7, 11) is -3.54. The van der Waals surface area contributed by atoms with Gasteiger partial charge in [-0.15, -0.1) is 0 Å². The zero-order valence-electron chi connectivity index (χ0n) is 11.6. The van der Waals surface area contributed by atoms with E-state index in [1.807, 2.05) is 0 Å². The van der Waals surface area contributed by atoms with E-state index in [1.165, 1.54) is 6.42 Å². The molecule has 1 saturated carbocycles. The van der Waals surface area contributed by atoms with Crippen LogP contribution in [0.15, 0.2) is 27.6 Å². The van der Waals surface area contributed by atoms with Crippen molar-refractivity contribution in [3.05, 3.63) is 22.7 Å². The number of rotatable bonds is 4. The van der Waals surface area contributed by atoms with Crippen LogP contribution in [0.1, 0.15) is 39.0 Å². The molecule has 0 bridgehead atoms. The molecule has 1 aliphatic carbocycles. The first-order valence-corrected chi connectivity index (χ1v) is 9.27. The molecule has 112 valence electrons. The quantitative estimate of drug-likeness (QED) is 0.809. The highest BCUT2D eigenvalue weighted by Crippen LogP contribution is 2.28. The lowest BCUT2D eigenvalue weighted by molar-refractivity contribution is 0.306. The van der Waals surface area contributed by atoms with Crippen molar-refractivity contribution < 1.29 is 8.42 Å². The maximum absolute atomic E-state index is 12.4. The molecule has 0 aromatic heterocycles. The topological polar surface area (TPSA) is 72.2 Å². The summed E-state index contributed by atoms with van der Waals surface area (Å²) >= 11 is 3.28. The van der Waals surface area contributed by atoms with Gasteiger partial charge >= 0.3 is 0 Å². The molecule has 0 aliphatic heterocycles. The highest BCUT2D eigenvalue weighted by atomic mass is 79.9. The summed E-state index contributed by atoms with van der Waals surface area (Å²) in [6, 6.07) is 4.92. The second-order valence-corrected chi connectivity index (χ2v) is 8.03. The molecule has 6 heteroatoms. The zero-order chi connectivity index (χ0) is 14.8. The van der Waals surface area contributed by atoms with Crippen LogP contribution in [0.4, 0.5) is 5.69 Å². The number of benzene rings is 1.